The molecule has 0 spiro atoms. The molecule has 0 radical (unpaired) electrons. The topological polar surface area (TPSA) is 116 Å². The van der Waals surface area contributed by atoms with Crippen molar-refractivity contribution in [1.82, 2.24) is 9.79 Å². The number of nitrogens with zero attached hydrogens (tertiary/aromatic N) is 1. The van der Waals surface area contributed by atoms with Gasteiger partial charge >= 0.3 is 0 Å². The number of hydrogen-bond acceptors (Lipinski definition) is 6. The number of rotatable bonds is 6. The van der Waals surface area contributed by atoms with Crippen LogP contribution in [0, 0.1) is 5.82 Å². The molecule has 0 aromatic heterocycles. The number of amides is 1. The quantitative estimate of drug-likeness (QED) is 0.477. The van der Waals surface area contributed by atoms with Crippen LogP contribution in [-0.2, 0) is 21.4 Å². The van der Waals surface area contributed by atoms with E-state index >= 15 is 0 Å². The van der Waals surface area contributed by atoms with E-state index in [1.54, 1.807) is 18.2 Å². The Morgan fingerprint density at radius 3 is 2.52 bits per heavy atom. The van der Waals surface area contributed by atoms with E-state index in [0.29, 0.717) is 11.3 Å². The SMILES string of the molecule is O=C(NO)[C@H]1CC[C@@H](O)CN1S(=O)(=O)c1ccc(OCc2ccccc2F)cc1. The van der Waals surface area contributed by atoms with Gasteiger partial charge in [0.2, 0.25) is 10.0 Å². The van der Waals surface area contributed by atoms with Gasteiger partial charge in [-0.1, -0.05) is 18.2 Å². The Labute approximate surface area is 167 Å². The maximum atomic E-state index is 13.6. The van der Waals surface area contributed by atoms with E-state index in [1.165, 1.54) is 35.8 Å². The fraction of sp³-hybridized carbons (Fsp3) is 0.316. The summed E-state index contributed by atoms with van der Waals surface area (Å²) in [6, 6.07) is 10.5. The standard InChI is InChI=1S/C19H21FN2O6S/c20-17-4-2-1-3-13(17)12-28-15-6-8-16(9-7-15)29(26,27)22-11-14(23)5-10-18(22)19(24)21-25/h1-4,6-9,14,18,23,25H,5,10-12H2,(H,21,24)/t14-,18-/m1/s1. The molecule has 10 heteroatoms. The maximum Gasteiger partial charge on any atom is 0.261 e. The molecule has 1 amide bonds. The summed E-state index contributed by atoms with van der Waals surface area (Å²) in [5, 5.41) is 18.7. The molecular weight excluding hydrogens is 403 g/mol. The smallest absolute Gasteiger partial charge is 0.261 e. The van der Waals surface area contributed by atoms with Crippen LogP contribution in [0.1, 0.15) is 18.4 Å². The number of ether oxygens (including phenoxy) is 1. The fourth-order valence-electron chi connectivity index (χ4n) is 3.14. The minimum atomic E-state index is -4.10. The van der Waals surface area contributed by atoms with Crippen LogP contribution in [-0.4, -0.2) is 47.6 Å². The number of aliphatic hydroxyl groups is 1. The van der Waals surface area contributed by atoms with Crippen LogP contribution in [0.4, 0.5) is 4.39 Å². The van der Waals surface area contributed by atoms with Crippen LogP contribution in [0.5, 0.6) is 5.75 Å². The van der Waals surface area contributed by atoms with E-state index in [2.05, 4.69) is 0 Å². The minimum Gasteiger partial charge on any atom is -0.489 e. The first-order chi connectivity index (χ1) is 13.8. The lowest BCUT2D eigenvalue weighted by Crippen LogP contribution is -2.54. The molecule has 1 aliphatic rings. The number of hydroxylamine groups is 1. The number of aliphatic hydroxyl groups excluding tert-OH is 1. The molecule has 2 atom stereocenters. The van der Waals surface area contributed by atoms with Crippen molar-refractivity contribution in [1.29, 1.82) is 0 Å². The molecule has 0 aliphatic carbocycles. The largest absolute Gasteiger partial charge is 0.489 e. The third-order valence-corrected chi connectivity index (χ3v) is 6.60. The number of hydrogen-bond donors (Lipinski definition) is 3. The van der Waals surface area contributed by atoms with Gasteiger partial charge in [0.15, 0.2) is 0 Å². The van der Waals surface area contributed by atoms with Gasteiger partial charge in [0.05, 0.1) is 11.0 Å². The van der Waals surface area contributed by atoms with Crippen LogP contribution >= 0.6 is 0 Å². The normalized spacial score (nSPS) is 20.2. The highest BCUT2D eigenvalue weighted by atomic mass is 32.2. The molecule has 1 aliphatic heterocycles. The molecule has 1 fully saturated rings. The van der Waals surface area contributed by atoms with Crippen LogP contribution in [0.25, 0.3) is 0 Å². The fourth-order valence-corrected chi connectivity index (χ4v) is 4.80. The first-order valence-corrected chi connectivity index (χ1v) is 10.4. The van der Waals surface area contributed by atoms with Gasteiger partial charge in [-0.2, -0.15) is 4.31 Å². The van der Waals surface area contributed by atoms with Crippen LogP contribution in [0.15, 0.2) is 53.4 Å². The predicted molar refractivity (Wildman–Crippen MR) is 100 cm³/mol. The molecule has 8 nitrogen and oxygen atoms in total. The number of β-amino-alcohol motifs (C(OH)–C–C–N with tert-alkyl or cyclic N) is 1. The van der Waals surface area contributed by atoms with E-state index in [9.17, 15) is 22.7 Å². The average molecular weight is 424 g/mol. The molecule has 0 saturated carbocycles. The number of piperidine rings is 1. The monoisotopic (exact) mass is 424 g/mol. The van der Waals surface area contributed by atoms with Crippen molar-refractivity contribution in [3.8, 4) is 5.75 Å². The molecule has 1 heterocycles. The van der Waals surface area contributed by atoms with Gasteiger partial charge in [0.25, 0.3) is 5.91 Å². The van der Waals surface area contributed by atoms with Crippen molar-refractivity contribution in [2.24, 2.45) is 0 Å². The summed E-state index contributed by atoms with van der Waals surface area (Å²) >= 11 is 0. The lowest BCUT2D eigenvalue weighted by Gasteiger charge is -2.35. The Bertz CT molecular complexity index is 967. The Balaban J connectivity index is 1.76. The molecule has 1 saturated heterocycles. The summed E-state index contributed by atoms with van der Waals surface area (Å²) in [4.78, 5) is 11.8. The summed E-state index contributed by atoms with van der Waals surface area (Å²) < 4.78 is 45.9. The summed E-state index contributed by atoms with van der Waals surface area (Å²) in [5.41, 5.74) is 1.84. The molecule has 156 valence electrons. The van der Waals surface area contributed by atoms with Crippen LogP contribution in [0.3, 0.4) is 0 Å². The first kappa shape index (κ1) is 21.2. The molecule has 2 aromatic rings. The Hall–Kier alpha value is -2.53. The number of benzene rings is 2. The van der Waals surface area contributed by atoms with Gasteiger partial charge < -0.3 is 9.84 Å². The molecule has 3 N–H and O–H groups in total. The first-order valence-electron chi connectivity index (χ1n) is 8.93. The minimum absolute atomic E-state index is 0.0180. The van der Waals surface area contributed by atoms with Gasteiger partial charge in [-0.05, 0) is 43.2 Å². The molecule has 0 unspecified atom stereocenters. The zero-order chi connectivity index (χ0) is 21.0. The van der Waals surface area contributed by atoms with Gasteiger partial charge in [-0.25, -0.2) is 18.3 Å². The zero-order valence-electron chi connectivity index (χ0n) is 15.4. The highest BCUT2D eigenvalue weighted by Crippen LogP contribution is 2.27. The third kappa shape index (κ3) is 4.73. The maximum absolute atomic E-state index is 13.6. The van der Waals surface area contributed by atoms with Gasteiger partial charge in [-0.15, -0.1) is 0 Å². The predicted octanol–water partition coefficient (Wildman–Crippen LogP) is 1.42. The van der Waals surface area contributed by atoms with Crippen molar-refractivity contribution in [2.75, 3.05) is 6.54 Å². The Morgan fingerprint density at radius 1 is 1.17 bits per heavy atom. The van der Waals surface area contributed by atoms with E-state index < -0.39 is 33.9 Å². The number of carbonyl (C=O) groups is 1. The molecule has 0 bridgehead atoms. The zero-order valence-corrected chi connectivity index (χ0v) is 16.2. The highest BCUT2D eigenvalue weighted by molar-refractivity contribution is 7.89. The van der Waals surface area contributed by atoms with Crippen molar-refractivity contribution >= 4 is 15.9 Å². The second-order valence-electron chi connectivity index (χ2n) is 6.65. The molecule has 29 heavy (non-hydrogen) atoms. The second-order valence-corrected chi connectivity index (χ2v) is 8.54. The highest BCUT2D eigenvalue weighted by Gasteiger charge is 2.40. The Morgan fingerprint density at radius 2 is 1.86 bits per heavy atom. The summed E-state index contributed by atoms with van der Waals surface area (Å²) in [5.74, 6) is -0.913. The number of sulfonamides is 1. The van der Waals surface area contributed by atoms with E-state index in [4.69, 9.17) is 9.94 Å². The lowest BCUT2D eigenvalue weighted by molar-refractivity contribution is -0.135. The Kier molecular flexibility index (Phi) is 6.48. The number of nitrogens with one attached hydrogen (secondary N) is 1. The molecule has 3 rings (SSSR count). The van der Waals surface area contributed by atoms with Crippen molar-refractivity contribution < 1.29 is 32.7 Å². The third-order valence-electron chi connectivity index (χ3n) is 4.71. The summed E-state index contributed by atoms with van der Waals surface area (Å²) in [6.07, 6.45) is -0.584. The molecular formula is C19H21FN2O6S. The van der Waals surface area contributed by atoms with E-state index in [1.807, 2.05) is 0 Å². The van der Waals surface area contributed by atoms with Gasteiger partial charge in [0.1, 0.15) is 24.2 Å². The van der Waals surface area contributed by atoms with Crippen molar-refractivity contribution in [3.63, 3.8) is 0 Å². The van der Waals surface area contributed by atoms with Crippen molar-refractivity contribution in [2.45, 2.75) is 36.5 Å². The van der Waals surface area contributed by atoms with Gasteiger partial charge in [0, 0.05) is 12.1 Å². The van der Waals surface area contributed by atoms with Gasteiger partial charge in [-0.3, -0.25) is 10.0 Å². The van der Waals surface area contributed by atoms with Crippen molar-refractivity contribution in [3.05, 3.63) is 59.9 Å². The second kappa shape index (κ2) is 8.87. The van der Waals surface area contributed by atoms with E-state index in [-0.39, 0.29) is 30.9 Å². The van der Waals surface area contributed by atoms with E-state index in [0.717, 1.165) is 4.31 Å². The average Bonchev–Trinajstić information content (AvgIpc) is 2.73. The molecule has 2 aromatic carbocycles. The summed E-state index contributed by atoms with van der Waals surface area (Å²) in [6.45, 7) is -0.276. The lowest BCUT2D eigenvalue weighted by atomic mass is 10.0. The van der Waals surface area contributed by atoms with Crippen LogP contribution < -0.4 is 10.2 Å². The van der Waals surface area contributed by atoms with Crippen LogP contribution in [0.2, 0.25) is 0 Å². The number of carbonyl (C=O) groups excluding carboxylic acids is 1. The number of halogens is 1. The summed E-state index contributed by atoms with van der Waals surface area (Å²) in [7, 11) is -4.10.